The van der Waals surface area contributed by atoms with E-state index in [9.17, 15) is 9.59 Å². The topological polar surface area (TPSA) is 43.4 Å². The maximum absolute atomic E-state index is 11.8. The van der Waals surface area contributed by atoms with Crippen LogP contribution in [0.4, 0.5) is 0 Å². The van der Waals surface area contributed by atoms with Crippen LogP contribution in [0.25, 0.3) is 0 Å². The van der Waals surface area contributed by atoms with E-state index in [1.54, 1.807) is 12.1 Å². The van der Waals surface area contributed by atoms with E-state index in [0.717, 1.165) is 5.56 Å². The Labute approximate surface area is 109 Å². The van der Waals surface area contributed by atoms with Gasteiger partial charge in [-0.3, -0.25) is 9.59 Å². The SMILES string of the molecule is COC(=O)CSCC(=O)c1ccc(C)cc1Cl. The van der Waals surface area contributed by atoms with Crippen LogP contribution < -0.4 is 0 Å². The first kappa shape index (κ1) is 14.1. The molecule has 92 valence electrons. The van der Waals surface area contributed by atoms with Crippen LogP contribution in [-0.2, 0) is 9.53 Å². The number of rotatable bonds is 5. The minimum atomic E-state index is -0.335. The lowest BCUT2D eigenvalue weighted by atomic mass is 10.1. The van der Waals surface area contributed by atoms with Crippen LogP contribution in [0.2, 0.25) is 5.02 Å². The molecule has 0 spiro atoms. The Bertz CT molecular complexity index is 432. The summed E-state index contributed by atoms with van der Waals surface area (Å²) in [5, 5.41) is 0.452. The van der Waals surface area contributed by atoms with Gasteiger partial charge in [-0.25, -0.2) is 0 Å². The smallest absolute Gasteiger partial charge is 0.315 e. The van der Waals surface area contributed by atoms with Crippen molar-refractivity contribution < 1.29 is 14.3 Å². The lowest BCUT2D eigenvalue weighted by Crippen LogP contribution is -2.08. The van der Waals surface area contributed by atoms with Crippen LogP contribution in [0.3, 0.4) is 0 Å². The Morgan fingerprint density at radius 1 is 1.35 bits per heavy atom. The highest BCUT2D eigenvalue weighted by Crippen LogP contribution is 2.19. The third kappa shape index (κ3) is 4.40. The molecule has 0 aliphatic rings. The molecule has 0 heterocycles. The minimum absolute atomic E-state index is 0.0797. The number of thioether (sulfide) groups is 1. The highest BCUT2D eigenvalue weighted by molar-refractivity contribution is 8.00. The predicted octanol–water partition coefficient (Wildman–Crippen LogP) is 2.74. The van der Waals surface area contributed by atoms with Crippen molar-refractivity contribution in [3.8, 4) is 0 Å². The molecule has 0 aliphatic carbocycles. The second kappa shape index (κ2) is 6.67. The summed E-state index contributed by atoms with van der Waals surface area (Å²) < 4.78 is 4.48. The summed E-state index contributed by atoms with van der Waals surface area (Å²) in [7, 11) is 1.32. The average Bonchev–Trinajstić information content (AvgIpc) is 2.28. The molecule has 0 aromatic heterocycles. The normalized spacial score (nSPS) is 10.1. The Morgan fingerprint density at radius 2 is 2.06 bits per heavy atom. The third-order valence-corrected chi connectivity index (χ3v) is 3.32. The monoisotopic (exact) mass is 272 g/mol. The largest absolute Gasteiger partial charge is 0.468 e. The van der Waals surface area contributed by atoms with Crippen molar-refractivity contribution in [2.45, 2.75) is 6.92 Å². The minimum Gasteiger partial charge on any atom is -0.468 e. The lowest BCUT2D eigenvalue weighted by Gasteiger charge is -2.04. The number of aryl methyl sites for hydroxylation is 1. The number of hydrogen-bond donors (Lipinski definition) is 0. The zero-order chi connectivity index (χ0) is 12.8. The first-order valence-corrected chi connectivity index (χ1v) is 6.51. The van der Waals surface area contributed by atoms with Crippen molar-refractivity contribution in [2.75, 3.05) is 18.6 Å². The highest BCUT2D eigenvalue weighted by Gasteiger charge is 2.11. The summed E-state index contributed by atoms with van der Waals surface area (Å²) in [4.78, 5) is 22.7. The summed E-state index contributed by atoms with van der Waals surface area (Å²) in [6, 6.07) is 5.29. The number of benzene rings is 1. The van der Waals surface area contributed by atoms with E-state index in [1.165, 1.54) is 18.9 Å². The standard InChI is InChI=1S/C12H13ClO3S/c1-8-3-4-9(10(13)5-8)11(14)6-17-7-12(15)16-2/h3-5H,6-7H2,1-2H3. The van der Waals surface area contributed by atoms with Gasteiger partial charge in [-0.2, -0.15) is 0 Å². The van der Waals surface area contributed by atoms with E-state index in [2.05, 4.69) is 4.74 Å². The molecule has 5 heteroatoms. The van der Waals surface area contributed by atoms with Crippen molar-refractivity contribution in [3.05, 3.63) is 34.3 Å². The number of carbonyl (C=O) groups excluding carboxylic acids is 2. The maximum atomic E-state index is 11.8. The third-order valence-electron chi connectivity index (χ3n) is 2.11. The van der Waals surface area contributed by atoms with E-state index in [4.69, 9.17) is 11.6 Å². The second-order valence-corrected chi connectivity index (χ2v) is 4.87. The number of ketones is 1. The van der Waals surface area contributed by atoms with Crippen molar-refractivity contribution in [1.29, 1.82) is 0 Å². The molecule has 17 heavy (non-hydrogen) atoms. The molecule has 1 aromatic carbocycles. The van der Waals surface area contributed by atoms with E-state index in [-0.39, 0.29) is 23.3 Å². The van der Waals surface area contributed by atoms with Gasteiger partial charge in [0, 0.05) is 5.56 Å². The molecule has 0 saturated carbocycles. The molecule has 0 aliphatic heterocycles. The van der Waals surface area contributed by atoms with Crippen molar-refractivity contribution in [2.24, 2.45) is 0 Å². The molecule has 0 N–H and O–H groups in total. The Balaban J connectivity index is 2.55. The molecule has 0 bridgehead atoms. The van der Waals surface area contributed by atoms with Gasteiger partial charge in [0.25, 0.3) is 0 Å². The summed E-state index contributed by atoms with van der Waals surface area (Å²) in [6.45, 7) is 1.91. The fourth-order valence-electron chi connectivity index (χ4n) is 1.21. The average molecular weight is 273 g/mol. The number of ether oxygens (including phenoxy) is 1. The van der Waals surface area contributed by atoms with Crippen LogP contribution in [-0.4, -0.2) is 30.4 Å². The quantitative estimate of drug-likeness (QED) is 0.611. The first-order chi connectivity index (χ1) is 8.04. The molecule has 0 radical (unpaired) electrons. The van der Waals surface area contributed by atoms with Crippen molar-refractivity contribution in [3.63, 3.8) is 0 Å². The number of Topliss-reactive ketones (excluding diaryl/α,β-unsaturated/α-hetero) is 1. The van der Waals surface area contributed by atoms with Crippen LogP contribution in [0.15, 0.2) is 18.2 Å². The van der Waals surface area contributed by atoms with Gasteiger partial charge in [-0.05, 0) is 24.6 Å². The molecule has 0 atom stereocenters. The van der Waals surface area contributed by atoms with Gasteiger partial charge < -0.3 is 4.74 Å². The molecular formula is C12H13ClO3S. The molecule has 0 amide bonds. The number of methoxy groups -OCH3 is 1. The number of esters is 1. The van der Waals surface area contributed by atoms with Crippen LogP contribution >= 0.6 is 23.4 Å². The zero-order valence-corrected chi connectivity index (χ0v) is 11.2. The molecule has 1 rings (SSSR count). The second-order valence-electron chi connectivity index (χ2n) is 3.48. The van der Waals surface area contributed by atoms with E-state index in [0.29, 0.717) is 10.6 Å². The van der Waals surface area contributed by atoms with Crippen LogP contribution in [0.5, 0.6) is 0 Å². The Hall–Kier alpha value is -1.00. The molecule has 3 nitrogen and oxygen atoms in total. The number of carbonyl (C=O) groups is 2. The van der Waals surface area contributed by atoms with Crippen molar-refractivity contribution >= 4 is 35.1 Å². The number of halogens is 1. The zero-order valence-electron chi connectivity index (χ0n) is 9.66. The molecule has 0 unspecified atom stereocenters. The summed E-state index contributed by atoms with van der Waals surface area (Å²) in [5.41, 5.74) is 1.50. The first-order valence-electron chi connectivity index (χ1n) is 4.98. The van der Waals surface area contributed by atoms with E-state index >= 15 is 0 Å². The molecule has 1 aromatic rings. The summed E-state index contributed by atoms with van der Waals surface area (Å²) in [6.07, 6.45) is 0. The highest BCUT2D eigenvalue weighted by atomic mass is 35.5. The fourth-order valence-corrected chi connectivity index (χ4v) is 2.28. The summed E-state index contributed by atoms with van der Waals surface area (Å²) >= 11 is 7.19. The van der Waals surface area contributed by atoms with Crippen LogP contribution in [0, 0.1) is 6.92 Å². The fraction of sp³-hybridized carbons (Fsp3) is 0.333. The summed E-state index contributed by atoms with van der Waals surface area (Å²) in [5.74, 6) is -0.0226. The Kier molecular flexibility index (Phi) is 5.51. The molecule has 0 saturated heterocycles. The van der Waals surface area contributed by atoms with E-state index in [1.807, 2.05) is 13.0 Å². The lowest BCUT2D eigenvalue weighted by molar-refractivity contribution is -0.137. The molecular weight excluding hydrogens is 260 g/mol. The van der Waals surface area contributed by atoms with Gasteiger partial charge in [0.05, 0.1) is 23.6 Å². The van der Waals surface area contributed by atoms with Crippen molar-refractivity contribution in [1.82, 2.24) is 0 Å². The molecule has 0 fully saturated rings. The van der Waals surface area contributed by atoms with Gasteiger partial charge in [0.2, 0.25) is 0 Å². The maximum Gasteiger partial charge on any atom is 0.315 e. The van der Waals surface area contributed by atoms with E-state index < -0.39 is 0 Å². The van der Waals surface area contributed by atoms with Gasteiger partial charge in [0.15, 0.2) is 5.78 Å². The van der Waals surface area contributed by atoms with Crippen LogP contribution in [0.1, 0.15) is 15.9 Å². The van der Waals surface area contributed by atoms with Gasteiger partial charge in [-0.15, -0.1) is 11.8 Å². The number of hydrogen-bond acceptors (Lipinski definition) is 4. The van der Waals surface area contributed by atoms with Gasteiger partial charge >= 0.3 is 5.97 Å². The predicted molar refractivity (Wildman–Crippen MR) is 69.9 cm³/mol. The Morgan fingerprint density at radius 3 is 2.65 bits per heavy atom. The van der Waals surface area contributed by atoms with Gasteiger partial charge in [0.1, 0.15) is 0 Å². The van der Waals surface area contributed by atoms with Gasteiger partial charge in [-0.1, -0.05) is 17.7 Å².